The molecule has 0 aromatic heterocycles. The molecule has 18 heavy (non-hydrogen) atoms. The topological polar surface area (TPSA) is 49.4 Å². The van der Waals surface area contributed by atoms with Crippen LogP contribution in [0.4, 0.5) is 14.9 Å². The fraction of sp³-hybridized carbons (Fsp3) is 0.273. The number of amides is 2. The number of thioether (sulfide) groups is 1. The number of anilines is 1. The molecule has 1 saturated heterocycles. The molecule has 1 aliphatic rings. The van der Waals surface area contributed by atoms with Crippen LogP contribution in [0.2, 0.25) is 5.02 Å². The van der Waals surface area contributed by atoms with E-state index in [0.29, 0.717) is 18.0 Å². The third-order valence-electron chi connectivity index (χ3n) is 2.38. The van der Waals surface area contributed by atoms with Crippen LogP contribution in [-0.2, 0) is 4.79 Å². The van der Waals surface area contributed by atoms with Crippen molar-refractivity contribution in [2.75, 3.05) is 24.2 Å². The van der Waals surface area contributed by atoms with Gasteiger partial charge in [0.05, 0.1) is 10.7 Å². The number of nitrogens with zero attached hydrogens (tertiary/aromatic N) is 1. The molecule has 2 rings (SSSR count). The highest BCUT2D eigenvalue weighted by molar-refractivity contribution is 8.13. The van der Waals surface area contributed by atoms with Crippen molar-refractivity contribution in [3.8, 4) is 0 Å². The molecule has 1 aromatic rings. The largest absolute Gasteiger partial charge is 0.323 e. The Morgan fingerprint density at radius 3 is 2.94 bits per heavy atom. The molecule has 0 atom stereocenters. The van der Waals surface area contributed by atoms with Gasteiger partial charge in [-0.2, -0.15) is 0 Å². The number of carbonyl (C=O) groups excluding carboxylic acids is 2. The number of hydrogen-bond acceptors (Lipinski definition) is 3. The summed E-state index contributed by atoms with van der Waals surface area (Å²) >= 11 is 6.97. The van der Waals surface area contributed by atoms with Crippen LogP contribution in [0.15, 0.2) is 18.2 Å². The second-order valence-corrected chi connectivity index (χ2v) is 5.16. The van der Waals surface area contributed by atoms with Crippen molar-refractivity contribution in [1.29, 1.82) is 0 Å². The van der Waals surface area contributed by atoms with Crippen LogP contribution in [0.25, 0.3) is 0 Å². The summed E-state index contributed by atoms with van der Waals surface area (Å²) in [6, 6.07) is 3.71. The first-order chi connectivity index (χ1) is 8.56. The average molecular weight is 289 g/mol. The van der Waals surface area contributed by atoms with Crippen LogP contribution in [0.1, 0.15) is 0 Å². The molecule has 7 heteroatoms. The molecule has 1 fully saturated rings. The minimum absolute atomic E-state index is 0.0143. The molecule has 1 aromatic carbocycles. The van der Waals surface area contributed by atoms with Crippen molar-refractivity contribution >= 4 is 40.2 Å². The quantitative estimate of drug-likeness (QED) is 0.930. The average Bonchev–Trinajstić information content (AvgIpc) is 2.69. The smallest absolute Gasteiger partial charge is 0.282 e. The first kappa shape index (κ1) is 13.2. The lowest BCUT2D eigenvalue weighted by atomic mass is 10.3. The van der Waals surface area contributed by atoms with Crippen molar-refractivity contribution in [3.05, 3.63) is 29.0 Å². The Bertz CT molecular complexity index is 498. The van der Waals surface area contributed by atoms with Crippen molar-refractivity contribution in [2.45, 2.75) is 0 Å². The predicted molar refractivity (Wildman–Crippen MR) is 69.5 cm³/mol. The minimum atomic E-state index is -0.468. The summed E-state index contributed by atoms with van der Waals surface area (Å²) in [5.74, 6) is -0.118. The predicted octanol–water partition coefficient (Wildman–Crippen LogP) is 2.59. The first-order valence-electron chi connectivity index (χ1n) is 5.23. The van der Waals surface area contributed by atoms with Crippen molar-refractivity contribution in [1.82, 2.24) is 4.90 Å². The van der Waals surface area contributed by atoms with Gasteiger partial charge in [0, 0.05) is 12.3 Å². The van der Waals surface area contributed by atoms with E-state index in [1.165, 1.54) is 28.8 Å². The van der Waals surface area contributed by atoms with E-state index in [9.17, 15) is 14.0 Å². The zero-order chi connectivity index (χ0) is 13.1. The van der Waals surface area contributed by atoms with E-state index in [4.69, 9.17) is 11.6 Å². The molecular weight excluding hydrogens is 279 g/mol. The molecule has 1 heterocycles. The highest BCUT2D eigenvalue weighted by atomic mass is 35.5. The maximum atomic E-state index is 12.8. The van der Waals surface area contributed by atoms with Gasteiger partial charge in [0.25, 0.3) is 5.24 Å². The lowest BCUT2D eigenvalue weighted by molar-refractivity contribution is -0.116. The Balaban J connectivity index is 1.96. The van der Waals surface area contributed by atoms with Crippen LogP contribution in [0.3, 0.4) is 0 Å². The highest BCUT2D eigenvalue weighted by Gasteiger charge is 2.23. The number of hydrogen-bond donors (Lipinski definition) is 1. The van der Waals surface area contributed by atoms with Crippen molar-refractivity contribution in [3.63, 3.8) is 0 Å². The lowest BCUT2D eigenvalue weighted by Crippen LogP contribution is -2.33. The highest BCUT2D eigenvalue weighted by Crippen LogP contribution is 2.22. The second-order valence-electron chi connectivity index (χ2n) is 3.71. The van der Waals surface area contributed by atoms with Crippen LogP contribution in [-0.4, -0.2) is 34.9 Å². The Labute approximate surface area is 112 Å². The molecule has 0 bridgehead atoms. The first-order valence-corrected chi connectivity index (χ1v) is 6.59. The van der Waals surface area contributed by atoms with Crippen LogP contribution >= 0.6 is 23.4 Å². The van der Waals surface area contributed by atoms with Crippen molar-refractivity contribution < 1.29 is 14.0 Å². The zero-order valence-electron chi connectivity index (χ0n) is 9.28. The number of nitrogens with one attached hydrogen (secondary N) is 1. The number of carbonyl (C=O) groups is 2. The summed E-state index contributed by atoms with van der Waals surface area (Å²) in [6.07, 6.45) is 0. The molecule has 0 aliphatic carbocycles. The fourth-order valence-corrected chi connectivity index (χ4v) is 2.56. The van der Waals surface area contributed by atoms with Gasteiger partial charge in [-0.25, -0.2) is 4.39 Å². The Hall–Kier alpha value is -1.27. The third kappa shape index (κ3) is 3.14. The molecule has 0 radical (unpaired) electrons. The number of rotatable bonds is 3. The van der Waals surface area contributed by atoms with Gasteiger partial charge in [0.2, 0.25) is 5.91 Å². The normalized spacial score (nSPS) is 15.0. The SMILES string of the molecule is O=C(CN1CCSC1=O)Nc1ccc(F)cc1Cl. The standard InChI is InChI=1S/C11H10ClFN2O2S/c12-8-5-7(13)1-2-9(8)14-10(16)6-15-3-4-18-11(15)17/h1-2,5H,3-4,6H2,(H,14,16). The monoisotopic (exact) mass is 288 g/mol. The van der Waals surface area contributed by atoms with Gasteiger partial charge >= 0.3 is 0 Å². The van der Waals surface area contributed by atoms with Crippen LogP contribution in [0, 0.1) is 5.82 Å². The van der Waals surface area contributed by atoms with Crippen LogP contribution < -0.4 is 5.32 Å². The van der Waals surface area contributed by atoms with Gasteiger partial charge in [-0.05, 0) is 18.2 Å². The van der Waals surface area contributed by atoms with E-state index in [-0.39, 0.29) is 22.7 Å². The summed E-state index contributed by atoms with van der Waals surface area (Å²) in [5.41, 5.74) is 0.336. The van der Waals surface area contributed by atoms with E-state index in [0.717, 1.165) is 6.07 Å². The van der Waals surface area contributed by atoms with Gasteiger partial charge in [-0.3, -0.25) is 9.59 Å². The van der Waals surface area contributed by atoms with Gasteiger partial charge in [-0.1, -0.05) is 23.4 Å². The molecule has 0 unspecified atom stereocenters. The summed E-state index contributed by atoms with van der Waals surface area (Å²) in [5, 5.41) is 2.57. The van der Waals surface area contributed by atoms with Gasteiger partial charge in [0.15, 0.2) is 0 Å². The summed E-state index contributed by atoms with van der Waals surface area (Å²) < 4.78 is 12.8. The molecule has 4 nitrogen and oxygen atoms in total. The Kier molecular flexibility index (Phi) is 4.08. The van der Waals surface area contributed by atoms with E-state index >= 15 is 0 Å². The second kappa shape index (κ2) is 5.58. The zero-order valence-corrected chi connectivity index (χ0v) is 10.9. The summed E-state index contributed by atoms with van der Waals surface area (Å²) in [6.45, 7) is 0.549. The van der Waals surface area contributed by atoms with Gasteiger partial charge in [-0.15, -0.1) is 0 Å². The van der Waals surface area contributed by atoms with E-state index in [1.807, 2.05) is 0 Å². The van der Waals surface area contributed by atoms with E-state index in [2.05, 4.69) is 5.32 Å². The molecule has 2 amide bonds. The maximum absolute atomic E-state index is 12.8. The molecule has 0 spiro atoms. The lowest BCUT2D eigenvalue weighted by Gasteiger charge is -2.14. The molecular formula is C11H10ClFN2O2S. The third-order valence-corrected chi connectivity index (χ3v) is 3.59. The summed E-state index contributed by atoms with van der Waals surface area (Å²) in [4.78, 5) is 24.4. The number of halogens is 2. The van der Waals surface area contributed by atoms with Gasteiger partial charge < -0.3 is 10.2 Å². The minimum Gasteiger partial charge on any atom is -0.323 e. The molecule has 0 saturated carbocycles. The molecule has 96 valence electrons. The molecule has 1 N–H and O–H groups in total. The number of benzene rings is 1. The van der Waals surface area contributed by atoms with E-state index < -0.39 is 5.82 Å². The Morgan fingerprint density at radius 2 is 2.33 bits per heavy atom. The molecule has 1 aliphatic heterocycles. The van der Waals surface area contributed by atoms with Gasteiger partial charge in [0.1, 0.15) is 12.4 Å². The fourth-order valence-electron chi connectivity index (χ4n) is 1.52. The Morgan fingerprint density at radius 1 is 1.56 bits per heavy atom. The maximum Gasteiger partial charge on any atom is 0.282 e. The summed E-state index contributed by atoms with van der Waals surface area (Å²) in [7, 11) is 0. The van der Waals surface area contributed by atoms with Crippen LogP contribution in [0.5, 0.6) is 0 Å². The van der Waals surface area contributed by atoms with Crippen molar-refractivity contribution in [2.24, 2.45) is 0 Å². The van der Waals surface area contributed by atoms with E-state index in [1.54, 1.807) is 0 Å².